The molecule has 1 aliphatic rings. The van der Waals surface area contributed by atoms with Crippen molar-refractivity contribution in [3.63, 3.8) is 0 Å². The van der Waals surface area contributed by atoms with Crippen LogP contribution in [0.3, 0.4) is 0 Å². The van der Waals surface area contributed by atoms with Gasteiger partial charge in [-0.25, -0.2) is 4.79 Å². The van der Waals surface area contributed by atoms with E-state index in [-0.39, 0.29) is 6.04 Å². The van der Waals surface area contributed by atoms with E-state index in [4.69, 9.17) is 5.11 Å². The largest absolute Gasteiger partial charge is 0.478 e. The quantitative estimate of drug-likeness (QED) is 0.860. The number of anilines is 1. The number of hydrogen-bond acceptors (Lipinski definition) is 3. The molecule has 0 unspecified atom stereocenters. The minimum absolute atomic E-state index is 0.230. The second kappa shape index (κ2) is 5.31. The molecule has 2 N–H and O–H groups in total. The molecule has 1 saturated heterocycles. The number of hydrogen-bond donors (Lipinski definition) is 2. The number of carboxylic acid groups (broad SMARTS) is 1. The predicted octanol–water partition coefficient (Wildman–Crippen LogP) is 1.71. The molecule has 0 aliphatic carbocycles. The first-order chi connectivity index (χ1) is 8.16. The van der Waals surface area contributed by atoms with Gasteiger partial charge in [-0.1, -0.05) is 12.1 Å². The Hall–Kier alpha value is -1.36. The van der Waals surface area contributed by atoms with Gasteiger partial charge in [-0.2, -0.15) is 0 Å². The van der Waals surface area contributed by atoms with E-state index in [0.717, 1.165) is 12.8 Å². The molecule has 0 saturated carbocycles. The van der Waals surface area contributed by atoms with Crippen LogP contribution >= 0.6 is 0 Å². The molecule has 0 bridgehead atoms. The van der Waals surface area contributed by atoms with Crippen molar-refractivity contribution in [1.29, 1.82) is 0 Å². The fraction of sp³-hybridized carbons (Fsp3) is 0.417. The first kappa shape index (κ1) is 12.1. The van der Waals surface area contributed by atoms with Gasteiger partial charge in [-0.15, -0.1) is 0 Å². The Labute approximate surface area is 102 Å². The van der Waals surface area contributed by atoms with Gasteiger partial charge in [0.15, 0.2) is 0 Å². The fourth-order valence-electron chi connectivity index (χ4n) is 1.95. The van der Waals surface area contributed by atoms with Gasteiger partial charge >= 0.3 is 5.97 Å². The van der Waals surface area contributed by atoms with Crippen LogP contribution in [0, 0.1) is 0 Å². The minimum atomic E-state index is -0.924. The Bertz CT molecular complexity index is 437. The summed E-state index contributed by atoms with van der Waals surface area (Å²) in [5.74, 6) is 0.479. The van der Waals surface area contributed by atoms with Gasteiger partial charge in [0, 0.05) is 34.0 Å². The van der Waals surface area contributed by atoms with E-state index in [1.807, 2.05) is 6.07 Å². The Morgan fingerprint density at radius 2 is 1.94 bits per heavy atom. The van der Waals surface area contributed by atoms with E-state index in [1.54, 1.807) is 18.2 Å². The summed E-state index contributed by atoms with van der Waals surface area (Å²) < 4.78 is 11.2. The smallest absolute Gasteiger partial charge is 0.337 e. The second-order valence-electron chi connectivity index (χ2n) is 4.12. The van der Waals surface area contributed by atoms with Crippen LogP contribution in [-0.2, 0) is 10.8 Å². The summed E-state index contributed by atoms with van der Waals surface area (Å²) in [7, 11) is -0.689. The van der Waals surface area contributed by atoms with Crippen LogP contribution in [0.5, 0.6) is 0 Å². The summed E-state index contributed by atoms with van der Waals surface area (Å²) in [5.41, 5.74) is 0.942. The molecule has 1 aromatic rings. The van der Waals surface area contributed by atoms with Crippen LogP contribution in [0.4, 0.5) is 5.69 Å². The zero-order chi connectivity index (χ0) is 12.3. The maximum Gasteiger partial charge on any atom is 0.337 e. The van der Waals surface area contributed by atoms with E-state index < -0.39 is 16.8 Å². The third-order valence-corrected chi connectivity index (χ3v) is 4.29. The van der Waals surface area contributed by atoms with Crippen LogP contribution in [0.25, 0.3) is 0 Å². The molecule has 4 nitrogen and oxygen atoms in total. The van der Waals surface area contributed by atoms with Crippen molar-refractivity contribution in [3.8, 4) is 0 Å². The molecule has 17 heavy (non-hydrogen) atoms. The van der Waals surface area contributed by atoms with Crippen LogP contribution in [-0.4, -0.2) is 32.8 Å². The average Bonchev–Trinajstić information content (AvgIpc) is 2.32. The summed E-state index contributed by atoms with van der Waals surface area (Å²) in [6.07, 6.45) is 1.67. The van der Waals surface area contributed by atoms with Crippen molar-refractivity contribution >= 4 is 22.5 Å². The van der Waals surface area contributed by atoms with Crippen LogP contribution in [0.2, 0.25) is 0 Å². The molecule has 1 fully saturated rings. The molecule has 5 heteroatoms. The highest BCUT2D eigenvalue weighted by atomic mass is 32.2. The lowest BCUT2D eigenvalue weighted by molar-refractivity contribution is 0.0698. The van der Waals surface area contributed by atoms with Gasteiger partial charge in [0.1, 0.15) is 0 Å². The monoisotopic (exact) mass is 253 g/mol. The SMILES string of the molecule is O=C(O)c1ccccc1NC1CCS(=O)CC1. The van der Waals surface area contributed by atoms with Crippen LogP contribution < -0.4 is 5.32 Å². The molecule has 0 radical (unpaired) electrons. The molecule has 0 atom stereocenters. The van der Waals surface area contributed by atoms with Crippen molar-refractivity contribution in [3.05, 3.63) is 29.8 Å². The molecular formula is C12H15NO3S. The summed E-state index contributed by atoms with van der Waals surface area (Å²) in [5, 5.41) is 12.3. The molecule has 0 amide bonds. The standard InChI is InChI=1S/C12H15NO3S/c14-12(15)10-3-1-2-4-11(10)13-9-5-7-17(16)8-6-9/h1-4,9,13H,5-8H2,(H,14,15). The van der Waals surface area contributed by atoms with Crippen molar-refractivity contribution < 1.29 is 14.1 Å². The van der Waals surface area contributed by atoms with Gasteiger partial charge in [0.25, 0.3) is 0 Å². The van der Waals surface area contributed by atoms with E-state index in [2.05, 4.69) is 5.32 Å². The highest BCUT2D eigenvalue weighted by molar-refractivity contribution is 7.85. The number of nitrogens with one attached hydrogen (secondary N) is 1. The zero-order valence-corrected chi connectivity index (χ0v) is 10.2. The van der Waals surface area contributed by atoms with E-state index in [1.165, 1.54) is 0 Å². The van der Waals surface area contributed by atoms with Gasteiger partial charge in [0.05, 0.1) is 5.56 Å². The topological polar surface area (TPSA) is 66.4 Å². The minimum Gasteiger partial charge on any atom is -0.478 e. The first-order valence-corrected chi connectivity index (χ1v) is 7.09. The lowest BCUT2D eigenvalue weighted by Gasteiger charge is -2.24. The Morgan fingerprint density at radius 1 is 1.29 bits per heavy atom. The number of para-hydroxylation sites is 1. The van der Waals surface area contributed by atoms with E-state index >= 15 is 0 Å². The third kappa shape index (κ3) is 3.06. The van der Waals surface area contributed by atoms with Gasteiger partial charge in [0.2, 0.25) is 0 Å². The lowest BCUT2D eigenvalue weighted by atomic mass is 10.1. The molecule has 0 spiro atoms. The van der Waals surface area contributed by atoms with Crippen molar-refractivity contribution in [2.24, 2.45) is 0 Å². The van der Waals surface area contributed by atoms with E-state index in [0.29, 0.717) is 22.8 Å². The molecule has 1 heterocycles. The van der Waals surface area contributed by atoms with Gasteiger partial charge in [-0.3, -0.25) is 4.21 Å². The highest BCUT2D eigenvalue weighted by Crippen LogP contribution is 2.20. The van der Waals surface area contributed by atoms with Crippen LogP contribution in [0.15, 0.2) is 24.3 Å². The maximum atomic E-state index is 11.2. The zero-order valence-electron chi connectivity index (χ0n) is 9.39. The third-order valence-electron chi connectivity index (χ3n) is 2.91. The van der Waals surface area contributed by atoms with Crippen molar-refractivity contribution in [2.45, 2.75) is 18.9 Å². The fourth-order valence-corrected chi connectivity index (χ4v) is 3.25. The molecule has 1 aliphatic heterocycles. The Kier molecular flexibility index (Phi) is 3.78. The lowest BCUT2D eigenvalue weighted by Crippen LogP contribution is -2.29. The Balaban J connectivity index is 2.08. The summed E-state index contributed by atoms with van der Waals surface area (Å²) in [6, 6.07) is 7.12. The molecule has 1 aromatic carbocycles. The number of rotatable bonds is 3. The summed E-state index contributed by atoms with van der Waals surface area (Å²) >= 11 is 0. The van der Waals surface area contributed by atoms with Crippen molar-refractivity contribution in [2.75, 3.05) is 16.8 Å². The second-order valence-corrected chi connectivity index (χ2v) is 5.81. The number of benzene rings is 1. The number of carbonyl (C=O) groups is 1. The maximum absolute atomic E-state index is 11.2. The molecular weight excluding hydrogens is 238 g/mol. The molecule has 92 valence electrons. The van der Waals surface area contributed by atoms with Gasteiger partial charge in [-0.05, 0) is 25.0 Å². The van der Waals surface area contributed by atoms with Crippen LogP contribution in [0.1, 0.15) is 23.2 Å². The summed E-state index contributed by atoms with van der Waals surface area (Å²) in [4.78, 5) is 11.0. The summed E-state index contributed by atoms with van der Waals surface area (Å²) in [6.45, 7) is 0. The highest BCUT2D eigenvalue weighted by Gasteiger charge is 2.19. The van der Waals surface area contributed by atoms with E-state index in [9.17, 15) is 9.00 Å². The number of aromatic carboxylic acids is 1. The number of carboxylic acids is 1. The van der Waals surface area contributed by atoms with Gasteiger partial charge < -0.3 is 10.4 Å². The Morgan fingerprint density at radius 3 is 2.59 bits per heavy atom. The molecule has 0 aromatic heterocycles. The normalized spacial score (nSPS) is 24.2. The first-order valence-electron chi connectivity index (χ1n) is 5.60. The molecule has 2 rings (SSSR count). The predicted molar refractivity (Wildman–Crippen MR) is 67.9 cm³/mol. The van der Waals surface area contributed by atoms with Crippen molar-refractivity contribution in [1.82, 2.24) is 0 Å². The average molecular weight is 253 g/mol.